The van der Waals surface area contributed by atoms with Crippen LogP contribution in [-0.2, 0) is 20.8 Å². The minimum absolute atomic E-state index is 0.172. The van der Waals surface area contributed by atoms with Gasteiger partial charge in [-0.1, -0.05) is 70.4 Å². The lowest BCUT2D eigenvalue weighted by molar-refractivity contribution is -0.130. The highest BCUT2D eigenvalue weighted by atomic mass is 16.3. The average Bonchev–Trinajstić information content (AvgIpc) is 2.73. The molecule has 0 aliphatic rings. The zero-order valence-electron chi connectivity index (χ0n) is 18.8. The van der Waals surface area contributed by atoms with Gasteiger partial charge < -0.3 is 21.5 Å². The van der Waals surface area contributed by atoms with Crippen molar-refractivity contribution in [1.82, 2.24) is 10.6 Å². The number of aromatic hydroxyl groups is 1. The van der Waals surface area contributed by atoms with E-state index in [2.05, 4.69) is 17.6 Å². The maximum Gasteiger partial charge on any atom is 0.240 e. The maximum absolute atomic E-state index is 12.1. The van der Waals surface area contributed by atoms with Gasteiger partial charge in [0.1, 0.15) is 11.8 Å². The topological polar surface area (TPSA) is 122 Å². The first-order valence-electron chi connectivity index (χ1n) is 11.6. The Balaban J connectivity index is 2.19. The monoisotopic (exact) mass is 433 g/mol. The van der Waals surface area contributed by atoms with Crippen molar-refractivity contribution >= 4 is 17.7 Å². The minimum atomic E-state index is -1.00. The van der Waals surface area contributed by atoms with Crippen LogP contribution in [0.5, 0.6) is 5.75 Å². The van der Waals surface area contributed by atoms with Crippen LogP contribution in [0.2, 0.25) is 0 Å². The standard InChI is InChI=1S/C24H39N3O4/c1-2-3-4-5-6-7-8-9-10-11-22(29)27-21(24(25)31)18-23(30)26-17-16-19-12-14-20(28)15-13-19/h12-15,21,28H,2-11,16-18H2,1H3,(H2,25,31)(H,26,30)(H,27,29). The number of unbranched alkanes of at least 4 members (excludes halogenated alkanes) is 8. The highest BCUT2D eigenvalue weighted by Crippen LogP contribution is 2.11. The molecule has 0 saturated carbocycles. The summed E-state index contributed by atoms with van der Waals surface area (Å²) in [5.74, 6) is -1.11. The number of nitrogens with one attached hydrogen (secondary N) is 2. The number of carbonyl (C=O) groups excluding carboxylic acids is 3. The second-order valence-corrected chi connectivity index (χ2v) is 8.07. The second-order valence-electron chi connectivity index (χ2n) is 8.07. The van der Waals surface area contributed by atoms with Gasteiger partial charge in [0.15, 0.2) is 0 Å². The number of amides is 3. The summed E-state index contributed by atoms with van der Waals surface area (Å²) in [6.07, 6.45) is 11.2. The lowest BCUT2D eigenvalue weighted by Gasteiger charge is -2.15. The summed E-state index contributed by atoms with van der Waals surface area (Å²) < 4.78 is 0. The average molecular weight is 434 g/mol. The van der Waals surface area contributed by atoms with Gasteiger partial charge in [0.25, 0.3) is 0 Å². The van der Waals surface area contributed by atoms with Crippen LogP contribution >= 0.6 is 0 Å². The molecule has 0 radical (unpaired) electrons. The Morgan fingerprint density at radius 2 is 1.48 bits per heavy atom. The van der Waals surface area contributed by atoms with Gasteiger partial charge in [0.2, 0.25) is 17.7 Å². The molecule has 1 aromatic carbocycles. The molecule has 0 aromatic heterocycles. The van der Waals surface area contributed by atoms with Crippen molar-refractivity contribution in [2.75, 3.05) is 6.54 Å². The predicted molar refractivity (Wildman–Crippen MR) is 122 cm³/mol. The van der Waals surface area contributed by atoms with Crippen LogP contribution in [0.15, 0.2) is 24.3 Å². The lowest BCUT2D eigenvalue weighted by atomic mass is 10.1. The van der Waals surface area contributed by atoms with Crippen LogP contribution in [0.4, 0.5) is 0 Å². The molecular weight excluding hydrogens is 394 g/mol. The number of nitrogens with two attached hydrogens (primary N) is 1. The first-order chi connectivity index (χ1) is 14.9. The Morgan fingerprint density at radius 3 is 2.06 bits per heavy atom. The molecular formula is C24H39N3O4. The van der Waals surface area contributed by atoms with Gasteiger partial charge in [0, 0.05) is 13.0 Å². The summed E-state index contributed by atoms with van der Waals surface area (Å²) in [5, 5.41) is 14.6. The number of hydrogen-bond donors (Lipinski definition) is 4. The molecule has 5 N–H and O–H groups in total. The van der Waals surface area contributed by atoms with Crippen molar-refractivity contribution in [2.24, 2.45) is 5.73 Å². The number of phenols is 1. The zero-order chi connectivity index (χ0) is 22.9. The van der Waals surface area contributed by atoms with Gasteiger partial charge in [-0.05, 0) is 30.5 Å². The third-order valence-electron chi connectivity index (χ3n) is 5.25. The van der Waals surface area contributed by atoms with Crippen LogP contribution in [0.25, 0.3) is 0 Å². The lowest BCUT2D eigenvalue weighted by Crippen LogP contribution is -2.47. The van der Waals surface area contributed by atoms with Gasteiger partial charge in [-0.25, -0.2) is 0 Å². The highest BCUT2D eigenvalue weighted by Gasteiger charge is 2.21. The Morgan fingerprint density at radius 1 is 0.903 bits per heavy atom. The van der Waals surface area contributed by atoms with Crippen LogP contribution in [-0.4, -0.2) is 35.4 Å². The fourth-order valence-electron chi connectivity index (χ4n) is 3.35. The summed E-state index contributed by atoms with van der Waals surface area (Å²) in [6.45, 7) is 2.60. The minimum Gasteiger partial charge on any atom is -0.508 e. The van der Waals surface area contributed by atoms with E-state index in [1.165, 1.54) is 38.5 Å². The molecule has 0 fully saturated rings. The van der Waals surface area contributed by atoms with E-state index in [1.807, 2.05) is 0 Å². The van der Waals surface area contributed by atoms with Gasteiger partial charge in [-0.2, -0.15) is 0 Å². The third-order valence-corrected chi connectivity index (χ3v) is 5.25. The molecule has 3 amide bonds. The molecule has 31 heavy (non-hydrogen) atoms. The molecule has 0 heterocycles. The van der Waals surface area contributed by atoms with Gasteiger partial charge in [-0.15, -0.1) is 0 Å². The number of rotatable bonds is 17. The summed E-state index contributed by atoms with van der Waals surface area (Å²) in [5.41, 5.74) is 6.33. The van der Waals surface area contributed by atoms with Crippen molar-refractivity contribution in [3.05, 3.63) is 29.8 Å². The molecule has 0 saturated heterocycles. The van der Waals surface area contributed by atoms with Crippen LogP contribution in [0, 0.1) is 0 Å². The third kappa shape index (κ3) is 13.4. The molecule has 7 nitrogen and oxygen atoms in total. The molecule has 1 atom stereocenters. The number of phenolic OH excluding ortho intramolecular Hbond substituents is 1. The first kappa shape index (κ1) is 26.5. The van der Waals surface area contributed by atoms with Crippen LogP contribution in [0.3, 0.4) is 0 Å². The largest absolute Gasteiger partial charge is 0.508 e. The second kappa shape index (κ2) is 16.2. The van der Waals surface area contributed by atoms with Crippen molar-refractivity contribution in [3.63, 3.8) is 0 Å². The van der Waals surface area contributed by atoms with Crippen molar-refractivity contribution < 1.29 is 19.5 Å². The number of benzene rings is 1. The molecule has 0 bridgehead atoms. The molecule has 0 aliphatic carbocycles. The first-order valence-corrected chi connectivity index (χ1v) is 11.6. The van der Waals surface area contributed by atoms with E-state index in [9.17, 15) is 19.5 Å². The van der Waals surface area contributed by atoms with Gasteiger partial charge in [0.05, 0.1) is 6.42 Å². The number of hydrogen-bond acceptors (Lipinski definition) is 4. The molecule has 1 unspecified atom stereocenters. The van der Waals surface area contributed by atoms with Crippen molar-refractivity contribution in [3.8, 4) is 5.75 Å². The molecule has 174 valence electrons. The summed E-state index contributed by atoms with van der Waals surface area (Å²) >= 11 is 0. The van der Waals surface area contributed by atoms with E-state index in [4.69, 9.17) is 5.73 Å². The van der Waals surface area contributed by atoms with Crippen molar-refractivity contribution in [1.29, 1.82) is 0 Å². The van der Waals surface area contributed by atoms with E-state index < -0.39 is 11.9 Å². The Bertz CT molecular complexity index is 661. The fourth-order valence-corrected chi connectivity index (χ4v) is 3.35. The quantitative estimate of drug-likeness (QED) is 0.282. The zero-order valence-corrected chi connectivity index (χ0v) is 18.8. The number of primary amides is 1. The van der Waals surface area contributed by atoms with E-state index in [1.54, 1.807) is 24.3 Å². The summed E-state index contributed by atoms with van der Waals surface area (Å²) in [7, 11) is 0. The molecule has 0 aliphatic heterocycles. The summed E-state index contributed by atoms with van der Waals surface area (Å²) in [4.78, 5) is 35.8. The Kier molecular flexibility index (Phi) is 13.8. The smallest absolute Gasteiger partial charge is 0.240 e. The molecule has 0 spiro atoms. The maximum atomic E-state index is 12.1. The Hall–Kier alpha value is -2.57. The summed E-state index contributed by atoms with van der Waals surface area (Å²) in [6, 6.07) is 5.73. The Labute approximate surface area is 186 Å². The van der Waals surface area contributed by atoms with E-state index in [0.29, 0.717) is 19.4 Å². The highest BCUT2D eigenvalue weighted by molar-refractivity contribution is 5.91. The van der Waals surface area contributed by atoms with Gasteiger partial charge >= 0.3 is 0 Å². The predicted octanol–water partition coefficient (Wildman–Crippen LogP) is 3.33. The normalized spacial score (nSPS) is 11.6. The van der Waals surface area contributed by atoms with Crippen LogP contribution in [0.1, 0.15) is 83.1 Å². The van der Waals surface area contributed by atoms with Crippen LogP contribution < -0.4 is 16.4 Å². The SMILES string of the molecule is CCCCCCCCCCCC(=O)NC(CC(=O)NCCc1ccc(O)cc1)C(N)=O. The van der Waals surface area contributed by atoms with E-state index in [-0.39, 0.29) is 24.0 Å². The van der Waals surface area contributed by atoms with Crippen molar-refractivity contribution in [2.45, 2.75) is 90.0 Å². The number of carbonyl (C=O) groups is 3. The molecule has 1 aromatic rings. The fraction of sp³-hybridized carbons (Fsp3) is 0.625. The van der Waals surface area contributed by atoms with E-state index in [0.717, 1.165) is 24.8 Å². The molecule has 1 rings (SSSR count). The van der Waals surface area contributed by atoms with Gasteiger partial charge in [-0.3, -0.25) is 14.4 Å². The molecule has 7 heteroatoms. The van der Waals surface area contributed by atoms with E-state index >= 15 is 0 Å².